The van der Waals surface area contributed by atoms with Crippen LogP contribution in [0.3, 0.4) is 0 Å². The SMILES string of the molecule is O=S(=O)(Oc1cccc(CC2=C(c3nc(-c4ccccc4)c(-c4ccccc4)o3)C3CCC2C3)c1)C(F)(F)F. The molecule has 0 aliphatic heterocycles. The first kappa shape index (κ1) is 25.4. The normalized spacial score (nSPS) is 19.1. The minimum atomic E-state index is -5.75. The number of nitrogens with zero attached hydrogens (tertiary/aromatic N) is 1. The van der Waals surface area contributed by atoms with E-state index in [1.54, 1.807) is 6.07 Å². The van der Waals surface area contributed by atoms with Crippen LogP contribution in [0.25, 0.3) is 28.2 Å². The third-order valence-electron chi connectivity index (χ3n) is 7.40. The minimum absolute atomic E-state index is 0.279. The largest absolute Gasteiger partial charge is 0.534 e. The molecule has 2 atom stereocenters. The van der Waals surface area contributed by atoms with Gasteiger partial charge in [0.2, 0.25) is 5.89 Å². The summed E-state index contributed by atoms with van der Waals surface area (Å²) in [6, 6.07) is 25.4. The van der Waals surface area contributed by atoms with Gasteiger partial charge in [-0.3, -0.25) is 0 Å². The van der Waals surface area contributed by atoms with Gasteiger partial charge in [-0.1, -0.05) is 78.4 Å². The van der Waals surface area contributed by atoms with Crippen LogP contribution in [-0.2, 0) is 16.5 Å². The van der Waals surface area contributed by atoms with Crippen LogP contribution in [0, 0.1) is 11.8 Å². The molecule has 0 spiro atoms. The highest BCUT2D eigenvalue weighted by molar-refractivity contribution is 7.88. The fraction of sp³-hybridized carbons (Fsp3) is 0.233. The fourth-order valence-electron chi connectivity index (χ4n) is 5.71. The molecule has 9 heteroatoms. The standard InChI is InChI=1S/C30H24F3NO4S/c31-30(32,33)39(35,36)38-24-13-7-8-19(16-24)17-25-22-14-15-23(18-22)26(25)29-34-27(20-9-3-1-4-10-20)28(37-29)21-11-5-2-6-12-21/h1-13,16,22-23H,14-15,17-18H2. The van der Waals surface area contributed by atoms with Gasteiger partial charge in [0.05, 0.1) is 0 Å². The lowest BCUT2D eigenvalue weighted by Crippen LogP contribution is -2.28. The maximum Gasteiger partial charge on any atom is 0.534 e. The van der Waals surface area contributed by atoms with Gasteiger partial charge in [0.1, 0.15) is 11.4 Å². The van der Waals surface area contributed by atoms with Gasteiger partial charge in [-0.15, -0.1) is 0 Å². The van der Waals surface area contributed by atoms with Crippen molar-refractivity contribution in [1.29, 1.82) is 0 Å². The number of benzene rings is 3. The highest BCUT2D eigenvalue weighted by Gasteiger charge is 2.48. The lowest BCUT2D eigenvalue weighted by molar-refractivity contribution is -0.0500. The van der Waals surface area contributed by atoms with Crippen molar-refractivity contribution in [1.82, 2.24) is 4.98 Å². The predicted octanol–water partition coefficient (Wildman–Crippen LogP) is 7.66. The second-order valence-electron chi connectivity index (χ2n) is 9.88. The monoisotopic (exact) mass is 551 g/mol. The summed E-state index contributed by atoms with van der Waals surface area (Å²) >= 11 is 0. The van der Waals surface area contributed by atoms with E-state index >= 15 is 0 Å². The predicted molar refractivity (Wildman–Crippen MR) is 141 cm³/mol. The summed E-state index contributed by atoms with van der Waals surface area (Å²) in [5, 5.41) is 0. The van der Waals surface area contributed by atoms with Crippen LogP contribution in [0.5, 0.6) is 5.75 Å². The molecule has 6 rings (SSSR count). The third kappa shape index (κ3) is 4.87. The quantitative estimate of drug-likeness (QED) is 0.174. The first-order chi connectivity index (χ1) is 18.7. The number of aromatic nitrogens is 1. The van der Waals surface area contributed by atoms with Gasteiger partial charge in [-0.2, -0.15) is 21.6 Å². The molecule has 5 nitrogen and oxygen atoms in total. The average Bonchev–Trinajstić information content (AvgIpc) is 3.64. The van der Waals surface area contributed by atoms with E-state index in [0.717, 1.165) is 47.2 Å². The zero-order valence-electron chi connectivity index (χ0n) is 20.7. The Morgan fingerprint density at radius 2 is 1.54 bits per heavy atom. The second-order valence-corrected chi connectivity index (χ2v) is 11.4. The first-order valence-electron chi connectivity index (χ1n) is 12.6. The molecule has 200 valence electrons. The lowest BCUT2D eigenvalue weighted by atomic mass is 9.87. The van der Waals surface area contributed by atoms with Crippen LogP contribution < -0.4 is 4.18 Å². The maximum atomic E-state index is 12.8. The van der Waals surface area contributed by atoms with Crippen molar-refractivity contribution in [2.75, 3.05) is 0 Å². The molecule has 1 aromatic heterocycles. The molecule has 2 unspecified atom stereocenters. The van der Waals surface area contributed by atoms with Crippen molar-refractivity contribution < 1.29 is 30.2 Å². The highest BCUT2D eigenvalue weighted by atomic mass is 32.2. The van der Waals surface area contributed by atoms with Crippen LogP contribution in [0.15, 0.2) is 94.9 Å². The molecule has 0 amide bonds. The summed E-state index contributed by atoms with van der Waals surface area (Å²) in [7, 11) is -5.75. The number of halogens is 3. The molecule has 1 fully saturated rings. The Balaban J connectivity index is 1.40. The number of rotatable bonds is 7. The molecule has 0 saturated heterocycles. The summed E-state index contributed by atoms with van der Waals surface area (Å²) in [6.45, 7) is 0. The lowest BCUT2D eigenvalue weighted by Gasteiger charge is -2.18. The van der Waals surface area contributed by atoms with Crippen molar-refractivity contribution >= 4 is 15.7 Å². The topological polar surface area (TPSA) is 69.4 Å². The van der Waals surface area contributed by atoms with Crippen molar-refractivity contribution in [3.63, 3.8) is 0 Å². The number of alkyl halides is 3. The Morgan fingerprint density at radius 3 is 2.23 bits per heavy atom. The smallest absolute Gasteiger partial charge is 0.436 e. The van der Waals surface area contributed by atoms with Gasteiger partial charge in [0, 0.05) is 16.7 Å². The van der Waals surface area contributed by atoms with Gasteiger partial charge in [-0.25, -0.2) is 4.98 Å². The Morgan fingerprint density at radius 1 is 0.872 bits per heavy atom. The van der Waals surface area contributed by atoms with Gasteiger partial charge in [-0.05, 0) is 55.2 Å². The second kappa shape index (κ2) is 9.72. The van der Waals surface area contributed by atoms with Gasteiger partial charge in [0.25, 0.3) is 0 Å². The zero-order valence-corrected chi connectivity index (χ0v) is 21.5. The molecular formula is C30H24F3NO4S. The van der Waals surface area contributed by atoms with Crippen LogP contribution in [0.2, 0.25) is 0 Å². The van der Waals surface area contributed by atoms with Crippen molar-refractivity contribution in [2.24, 2.45) is 11.8 Å². The first-order valence-corrected chi connectivity index (χ1v) is 14.0. The fourth-order valence-corrected chi connectivity index (χ4v) is 6.16. The van der Waals surface area contributed by atoms with Crippen LogP contribution in [0.4, 0.5) is 13.2 Å². The van der Waals surface area contributed by atoms with Crippen molar-refractivity contribution in [3.05, 3.63) is 102 Å². The zero-order chi connectivity index (χ0) is 27.2. The van der Waals surface area contributed by atoms with Crippen molar-refractivity contribution in [2.45, 2.75) is 31.2 Å². The summed E-state index contributed by atoms with van der Waals surface area (Å²) in [4.78, 5) is 4.99. The van der Waals surface area contributed by atoms with E-state index in [-0.39, 0.29) is 11.7 Å². The van der Waals surface area contributed by atoms with Gasteiger partial charge < -0.3 is 8.60 Å². The molecule has 1 heterocycles. The van der Waals surface area contributed by atoms with E-state index in [4.69, 9.17) is 9.40 Å². The average molecular weight is 552 g/mol. The van der Waals surface area contributed by atoms with Crippen molar-refractivity contribution in [3.8, 4) is 28.3 Å². The molecule has 2 aliphatic rings. The third-order valence-corrected chi connectivity index (χ3v) is 8.38. The van der Waals surface area contributed by atoms with Gasteiger partial charge in [0.15, 0.2) is 5.76 Å². The van der Waals surface area contributed by atoms with Crippen LogP contribution >= 0.6 is 0 Å². The number of hydrogen-bond acceptors (Lipinski definition) is 5. The molecule has 0 N–H and O–H groups in total. The Bertz CT molecular complexity index is 1590. The Labute approximate surface area is 224 Å². The molecule has 39 heavy (non-hydrogen) atoms. The van der Waals surface area contributed by atoms with E-state index in [9.17, 15) is 21.6 Å². The minimum Gasteiger partial charge on any atom is -0.436 e. The molecule has 0 radical (unpaired) electrons. The number of oxazole rings is 1. The van der Waals surface area contributed by atoms with E-state index in [1.165, 1.54) is 18.2 Å². The molecular weight excluding hydrogens is 527 g/mol. The maximum absolute atomic E-state index is 12.8. The Kier molecular flexibility index (Phi) is 6.33. The number of fused-ring (bicyclic) bond motifs is 2. The summed E-state index contributed by atoms with van der Waals surface area (Å²) in [6.07, 6.45) is 3.43. The van der Waals surface area contributed by atoms with Crippen LogP contribution in [-0.4, -0.2) is 18.9 Å². The van der Waals surface area contributed by atoms with E-state index in [1.807, 2.05) is 60.7 Å². The molecule has 3 aromatic carbocycles. The van der Waals surface area contributed by atoms with Gasteiger partial charge >= 0.3 is 15.6 Å². The summed E-state index contributed by atoms with van der Waals surface area (Å²) in [5.41, 5.74) is -0.0746. The molecule has 2 aliphatic carbocycles. The van der Waals surface area contributed by atoms with E-state index in [2.05, 4.69) is 4.18 Å². The number of allylic oxidation sites excluding steroid dienone is 2. The molecule has 4 aromatic rings. The number of hydrogen-bond donors (Lipinski definition) is 0. The van der Waals surface area contributed by atoms with Crippen LogP contribution in [0.1, 0.15) is 30.7 Å². The molecule has 1 saturated carbocycles. The Hall–Kier alpha value is -3.85. The summed E-state index contributed by atoms with van der Waals surface area (Å²) < 4.78 is 72.4. The summed E-state index contributed by atoms with van der Waals surface area (Å²) in [5.74, 6) is 1.45. The highest BCUT2D eigenvalue weighted by Crippen LogP contribution is 2.54. The molecule has 2 bridgehead atoms. The van der Waals surface area contributed by atoms with E-state index < -0.39 is 15.6 Å². The van der Waals surface area contributed by atoms with E-state index in [0.29, 0.717) is 29.6 Å².